The van der Waals surface area contributed by atoms with Crippen molar-refractivity contribution in [2.24, 2.45) is 5.41 Å². The fraction of sp³-hybridized carbons (Fsp3) is 0.333. The van der Waals surface area contributed by atoms with Crippen LogP contribution in [0.1, 0.15) is 38.1 Å². The van der Waals surface area contributed by atoms with Crippen molar-refractivity contribution in [3.63, 3.8) is 0 Å². The molecule has 0 radical (unpaired) electrons. The molecule has 1 aliphatic rings. The first-order valence-corrected chi connectivity index (χ1v) is 14.2. The van der Waals surface area contributed by atoms with Crippen molar-refractivity contribution >= 4 is 44.4 Å². The summed E-state index contributed by atoms with van der Waals surface area (Å²) in [5.74, 6) is 0.558. The van der Waals surface area contributed by atoms with Crippen LogP contribution < -0.4 is 14.8 Å². The SMILES string of the molecule is COc1cnc2c(-c3nc4cc(F)c(OC5CC(C)(C)CC5OC(=O)Nc5cnc(C)nc5)cc4s3)cc(C)cc2n1. The molecule has 1 saturated carbocycles. The third kappa shape index (κ3) is 5.67. The smallest absolute Gasteiger partial charge is 0.412 e. The summed E-state index contributed by atoms with van der Waals surface area (Å²) >= 11 is 1.41. The number of methoxy groups -OCH3 is 1. The van der Waals surface area contributed by atoms with Gasteiger partial charge in [-0.05, 0) is 49.8 Å². The molecule has 2 aromatic carbocycles. The summed E-state index contributed by atoms with van der Waals surface area (Å²) in [5, 5.41) is 3.34. The van der Waals surface area contributed by atoms with Crippen molar-refractivity contribution in [2.75, 3.05) is 12.4 Å². The number of halogens is 1. The molecule has 216 valence electrons. The lowest BCUT2D eigenvalue weighted by molar-refractivity contribution is 0.0399. The first-order valence-electron chi connectivity index (χ1n) is 13.4. The Morgan fingerprint density at radius 1 is 1.00 bits per heavy atom. The molecule has 3 heterocycles. The number of aryl methyl sites for hydroxylation is 2. The van der Waals surface area contributed by atoms with E-state index in [1.165, 1.54) is 29.8 Å². The second-order valence-electron chi connectivity index (χ2n) is 11.2. The van der Waals surface area contributed by atoms with E-state index in [2.05, 4.69) is 39.1 Å². The zero-order chi connectivity index (χ0) is 29.6. The van der Waals surface area contributed by atoms with Crippen molar-refractivity contribution < 1.29 is 23.4 Å². The van der Waals surface area contributed by atoms with E-state index in [1.807, 2.05) is 19.1 Å². The second-order valence-corrected chi connectivity index (χ2v) is 12.2. The third-order valence-corrected chi connectivity index (χ3v) is 8.19. The normalized spacial score (nSPS) is 17.9. The summed E-state index contributed by atoms with van der Waals surface area (Å²) in [5.41, 5.74) is 3.92. The molecular formula is C30H29FN6O4S. The molecule has 5 aromatic rings. The van der Waals surface area contributed by atoms with Gasteiger partial charge < -0.3 is 14.2 Å². The molecule has 0 bridgehead atoms. The van der Waals surface area contributed by atoms with E-state index in [9.17, 15) is 4.79 Å². The monoisotopic (exact) mass is 588 g/mol. The van der Waals surface area contributed by atoms with Gasteiger partial charge in [0.05, 0.1) is 52.6 Å². The van der Waals surface area contributed by atoms with E-state index in [-0.39, 0.29) is 11.2 Å². The molecule has 0 spiro atoms. The van der Waals surface area contributed by atoms with Gasteiger partial charge in [0.15, 0.2) is 11.6 Å². The molecule has 1 aliphatic carbocycles. The zero-order valence-corrected chi connectivity index (χ0v) is 24.6. The Kier molecular flexibility index (Phi) is 7.09. The van der Waals surface area contributed by atoms with E-state index < -0.39 is 24.1 Å². The van der Waals surface area contributed by atoms with Gasteiger partial charge in [0.25, 0.3) is 0 Å². The number of carbonyl (C=O) groups excluding carboxylic acids is 1. The molecule has 42 heavy (non-hydrogen) atoms. The van der Waals surface area contributed by atoms with Gasteiger partial charge in [0.2, 0.25) is 5.88 Å². The van der Waals surface area contributed by atoms with Crippen LogP contribution in [0, 0.1) is 25.1 Å². The fourth-order valence-electron chi connectivity index (χ4n) is 5.22. The zero-order valence-electron chi connectivity index (χ0n) is 23.8. The lowest BCUT2D eigenvalue weighted by Crippen LogP contribution is -2.32. The van der Waals surface area contributed by atoms with Crippen LogP contribution in [-0.4, -0.2) is 50.3 Å². The van der Waals surface area contributed by atoms with Gasteiger partial charge in [-0.2, -0.15) is 0 Å². The Morgan fingerprint density at radius 2 is 1.76 bits per heavy atom. The number of thiazole rings is 1. The predicted octanol–water partition coefficient (Wildman–Crippen LogP) is 6.65. The Morgan fingerprint density at radius 3 is 2.52 bits per heavy atom. The van der Waals surface area contributed by atoms with E-state index in [4.69, 9.17) is 19.2 Å². The number of carbonyl (C=O) groups is 1. The van der Waals surface area contributed by atoms with Crippen LogP contribution in [0.4, 0.5) is 14.9 Å². The number of fused-ring (bicyclic) bond motifs is 2. The van der Waals surface area contributed by atoms with Crippen molar-refractivity contribution in [1.29, 1.82) is 0 Å². The number of hydrogen-bond donors (Lipinski definition) is 1. The number of nitrogens with one attached hydrogen (secondary N) is 1. The van der Waals surface area contributed by atoms with Crippen LogP contribution in [-0.2, 0) is 4.74 Å². The highest BCUT2D eigenvalue weighted by Gasteiger charge is 2.43. The quantitative estimate of drug-likeness (QED) is 0.232. The highest BCUT2D eigenvalue weighted by molar-refractivity contribution is 7.21. The maximum Gasteiger partial charge on any atom is 0.412 e. The Labute approximate surface area is 245 Å². The van der Waals surface area contributed by atoms with Gasteiger partial charge in [-0.1, -0.05) is 13.8 Å². The number of anilines is 1. The summed E-state index contributed by atoms with van der Waals surface area (Å²) < 4.78 is 33.3. The molecule has 2 unspecified atom stereocenters. The molecule has 1 fully saturated rings. The van der Waals surface area contributed by atoms with E-state index >= 15 is 4.39 Å². The molecule has 6 rings (SSSR count). The van der Waals surface area contributed by atoms with E-state index in [0.29, 0.717) is 51.8 Å². The summed E-state index contributed by atoms with van der Waals surface area (Å²) in [6, 6.07) is 6.96. The molecule has 0 saturated heterocycles. The van der Waals surface area contributed by atoms with Gasteiger partial charge in [0.1, 0.15) is 23.0 Å². The average Bonchev–Trinajstić information content (AvgIpc) is 3.47. The number of amides is 1. The molecule has 10 nitrogen and oxygen atoms in total. The minimum Gasteiger partial charge on any atom is -0.483 e. The van der Waals surface area contributed by atoms with Crippen molar-refractivity contribution in [1.82, 2.24) is 24.9 Å². The van der Waals surface area contributed by atoms with Gasteiger partial charge in [-0.25, -0.2) is 34.1 Å². The third-order valence-electron chi connectivity index (χ3n) is 7.14. The van der Waals surface area contributed by atoms with Gasteiger partial charge in [0, 0.05) is 17.7 Å². The average molecular weight is 589 g/mol. The lowest BCUT2D eigenvalue weighted by Gasteiger charge is -2.21. The highest BCUT2D eigenvalue weighted by atomic mass is 32.1. The maximum absolute atomic E-state index is 15.4. The summed E-state index contributed by atoms with van der Waals surface area (Å²) in [7, 11) is 1.55. The molecule has 2 atom stereocenters. The van der Waals surface area contributed by atoms with Gasteiger partial charge in [-0.15, -0.1) is 11.3 Å². The number of ether oxygens (including phenoxy) is 3. The van der Waals surface area contributed by atoms with Gasteiger partial charge in [-0.3, -0.25) is 5.32 Å². The first kappa shape index (κ1) is 27.7. The molecule has 1 amide bonds. The van der Waals surface area contributed by atoms with Crippen LogP contribution in [0.3, 0.4) is 0 Å². The Balaban J connectivity index is 1.26. The van der Waals surface area contributed by atoms with Crippen LogP contribution in [0.25, 0.3) is 31.8 Å². The number of benzene rings is 2. The van der Waals surface area contributed by atoms with Crippen molar-refractivity contribution in [3.05, 3.63) is 60.1 Å². The van der Waals surface area contributed by atoms with Crippen LogP contribution >= 0.6 is 11.3 Å². The standard InChI is InChI=1S/C30H29FN6O4S/c1-15-6-18(27-21(7-15)36-26(39-5)14-34-27)28-37-20-8-19(31)22(9-25(20)42-28)40-23-10-30(3,4)11-24(23)41-29(38)35-17-12-32-16(2)33-13-17/h6-9,12-14,23-24H,10-11H2,1-5H3,(H,35,38). The van der Waals surface area contributed by atoms with Crippen LogP contribution in [0.5, 0.6) is 11.6 Å². The Bertz CT molecular complexity index is 1810. The largest absolute Gasteiger partial charge is 0.483 e. The molecule has 0 aliphatic heterocycles. The van der Waals surface area contributed by atoms with Gasteiger partial charge >= 0.3 is 6.09 Å². The summed E-state index contributed by atoms with van der Waals surface area (Å²) in [6.45, 7) is 7.86. The summed E-state index contributed by atoms with van der Waals surface area (Å²) in [6.07, 6.45) is 3.97. The number of rotatable bonds is 6. The number of hydrogen-bond acceptors (Lipinski definition) is 10. The van der Waals surface area contributed by atoms with Crippen LogP contribution in [0.2, 0.25) is 0 Å². The number of nitrogens with zero attached hydrogens (tertiary/aromatic N) is 5. The van der Waals surface area contributed by atoms with Crippen molar-refractivity contribution in [3.8, 4) is 22.2 Å². The fourth-order valence-corrected chi connectivity index (χ4v) is 6.21. The maximum atomic E-state index is 15.4. The summed E-state index contributed by atoms with van der Waals surface area (Å²) in [4.78, 5) is 34.6. The first-order chi connectivity index (χ1) is 20.1. The highest BCUT2D eigenvalue weighted by Crippen LogP contribution is 2.42. The molecular weight excluding hydrogens is 559 g/mol. The predicted molar refractivity (Wildman–Crippen MR) is 157 cm³/mol. The second kappa shape index (κ2) is 10.8. The Hall–Kier alpha value is -4.45. The van der Waals surface area contributed by atoms with Crippen molar-refractivity contribution in [2.45, 2.75) is 52.7 Å². The topological polar surface area (TPSA) is 121 Å². The van der Waals surface area contributed by atoms with E-state index in [0.717, 1.165) is 15.8 Å². The van der Waals surface area contributed by atoms with Crippen LogP contribution in [0.15, 0.2) is 42.9 Å². The molecule has 3 aromatic heterocycles. The molecule has 1 N–H and O–H groups in total. The minimum absolute atomic E-state index is 0.0833. The number of aromatic nitrogens is 5. The van der Waals surface area contributed by atoms with E-state index in [1.54, 1.807) is 26.3 Å². The molecule has 12 heteroatoms. The minimum atomic E-state index is -0.645. The lowest BCUT2D eigenvalue weighted by atomic mass is 9.92.